The van der Waals surface area contributed by atoms with Crippen LogP contribution < -0.4 is 16.4 Å². The van der Waals surface area contributed by atoms with E-state index in [-0.39, 0.29) is 34.6 Å². The van der Waals surface area contributed by atoms with Crippen molar-refractivity contribution >= 4 is 46.3 Å². The number of nitrogens with two attached hydrogens (primary N) is 1. The zero-order valence-electron chi connectivity index (χ0n) is 18.4. The van der Waals surface area contributed by atoms with Gasteiger partial charge < -0.3 is 16.4 Å². The van der Waals surface area contributed by atoms with Crippen LogP contribution in [0.25, 0.3) is 11.2 Å². The van der Waals surface area contributed by atoms with Gasteiger partial charge in [0.2, 0.25) is 17.8 Å². The molecule has 1 fully saturated rings. The molecule has 176 valence electrons. The van der Waals surface area contributed by atoms with Crippen molar-refractivity contribution in [3.63, 3.8) is 0 Å². The maximum Gasteiger partial charge on any atom is 0.224 e. The van der Waals surface area contributed by atoms with Crippen molar-refractivity contribution in [2.45, 2.75) is 58.0 Å². The number of nitrogens with zero attached hydrogens (tertiary/aromatic N) is 4. The molecule has 2 heterocycles. The van der Waals surface area contributed by atoms with Crippen LogP contribution in [0.3, 0.4) is 0 Å². The normalized spacial score (nSPS) is 19.4. The molecule has 3 aromatic rings. The van der Waals surface area contributed by atoms with Crippen LogP contribution in [0.2, 0.25) is 5.02 Å². The summed E-state index contributed by atoms with van der Waals surface area (Å²) in [6.45, 7) is 4.09. The highest BCUT2D eigenvalue weighted by atomic mass is 35.5. The Morgan fingerprint density at radius 2 is 2.00 bits per heavy atom. The topological polar surface area (TPSA) is 111 Å². The predicted molar refractivity (Wildman–Crippen MR) is 124 cm³/mol. The highest BCUT2D eigenvalue weighted by Crippen LogP contribution is 2.38. The third-order valence-electron chi connectivity index (χ3n) is 6.13. The second kappa shape index (κ2) is 9.46. The Labute approximate surface area is 194 Å². The predicted octanol–water partition coefficient (Wildman–Crippen LogP) is 4.93. The molecule has 0 bridgehead atoms. The summed E-state index contributed by atoms with van der Waals surface area (Å²) in [5.74, 6) is -1.30. The van der Waals surface area contributed by atoms with E-state index in [1.807, 2.05) is 11.5 Å². The van der Waals surface area contributed by atoms with E-state index in [0.717, 1.165) is 18.6 Å². The minimum atomic E-state index is -0.832. The van der Waals surface area contributed by atoms with E-state index in [0.29, 0.717) is 48.7 Å². The highest BCUT2D eigenvalue weighted by molar-refractivity contribution is 6.33. The molecule has 1 aliphatic rings. The van der Waals surface area contributed by atoms with Crippen LogP contribution in [0.15, 0.2) is 18.3 Å². The summed E-state index contributed by atoms with van der Waals surface area (Å²) in [6, 6.07) is 1.91. The van der Waals surface area contributed by atoms with Gasteiger partial charge in [-0.15, -0.1) is 0 Å². The van der Waals surface area contributed by atoms with Crippen LogP contribution in [0.4, 0.5) is 26.4 Å². The van der Waals surface area contributed by atoms with E-state index >= 15 is 0 Å². The maximum atomic E-state index is 14.5. The van der Waals surface area contributed by atoms with Gasteiger partial charge in [-0.25, -0.2) is 18.7 Å². The van der Waals surface area contributed by atoms with Crippen LogP contribution in [0, 0.1) is 17.6 Å². The average Bonchev–Trinajstić information content (AvgIpc) is 3.13. The molecule has 1 saturated carbocycles. The lowest BCUT2D eigenvalue weighted by Gasteiger charge is -2.29. The first-order valence-corrected chi connectivity index (χ1v) is 11.4. The number of aromatic nitrogens is 4. The molecule has 1 aromatic carbocycles. The molecule has 0 spiro atoms. The quantitative estimate of drug-likeness (QED) is 0.445. The zero-order valence-corrected chi connectivity index (χ0v) is 19.2. The number of hydrogen-bond acceptors (Lipinski definition) is 6. The third-order valence-corrected chi connectivity index (χ3v) is 6.43. The number of primary amides is 1. The van der Waals surface area contributed by atoms with Gasteiger partial charge in [-0.3, -0.25) is 9.36 Å². The molecule has 0 aliphatic heterocycles. The number of carbonyl (C=O) groups excluding carboxylic acids is 1. The van der Waals surface area contributed by atoms with E-state index in [2.05, 4.69) is 32.5 Å². The first-order chi connectivity index (χ1) is 15.8. The number of amides is 1. The number of benzene rings is 1. The summed E-state index contributed by atoms with van der Waals surface area (Å²) in [6.07, 6.45) is 5.11. The summed E-state index contributed by atoms with van der Waals surface area (Å²) >= 11 is 6.11. The van der Waals surface area contributed by atoms with E-state index < -0.39 is 11.6 Å². The van der Waals surface area contributed by atoms with Gasteiger partial charge in [0.05, 0.1) is 16.9 Å². The summed E-state index contributed by atoms with van der Waals surface area (Å²) in [7, 11) is 0. The fraction of sp³-hybridized carbons (Fsp3) is 0.455. The third kappa shape index (κ3) is 4.85. The Hall–Kier alpha value is -3.01. The molecule has 4 N–H and O–H groups in total. The molecule has 0 saturated heterocycles. The van der Waals surface area contributed by atoms with Gasteiger partial charge in [-0.05, 0) is 45.1 Å². The fourth-order valence-corrected chi connectivity index (χ4v) is 4.35. The SMILES string of the molecule is CCC(C)Nc1ncc2nc(Nc3c(F)cc(F)cc3Cl)n([C@H]3CC[C@H](C(N)=O)CC3)c2n1. The lowest BCUT2D eigenvalue weighted by Crippen LogP contribution is -2.29. The molecule has 33 heavy (non-hydrogen) atoms. The fourth-order valence-electron chi connectivity index (χ4n) is 4.11. The van der Waals surface area contributed by atoms with Gasteiger partial charge >= 0.3 is 0 Å². The molecule has 1 unspecified atom stereocenters. The lowest BCUT2D eigenvalue weighted by molar-refractivity contribution is -0.122. The number of anilines is 3. The number of imidazole rings is 1. The molecule has 1 amide bonds. The standard InChI is InChI=1S/C22H26ClF2N7O/c1-3-11(2)28-21-27-10-17-20(31-21)32(14-6-4-12(5-7-14)19(26)33)22(29-17)30-18-15(23)8-13(24)9-16(18)25/h8-12,14H,3-7H2,1-2H3,(H2,26,33)(H,29,30)(H,27,28,31)/t11?,12-,14-. The molecule has 8 nitrogen and oxygen atoms in total. The summed E-state index contributed by atoms with van der Waals surface area (Å²) in [5, 5.41) is 6.08. The van der Waals surface area contributed by atoms with E-state index in [1.165, 1.54) is 0 Å². The van der Waals surface area contributed by atoms with Crippen LogP contribution in [0.1, 0.15) is 52.0 Å². The van der Waals surface area contributed by atoms with Crippen LogP contribution in [-0.4, -0.2) is 31.5 Å². The van der Waals surface area contributed by atoms with E-state index in [1.54, 1.807) is 6.20 Å². The van der Waals surface area contributed by atoms with Gasteiger partial charge in [0.1, 0.15) is 11.3 Å². The van der Waals surface area contributed by atoms with Crippen molar-refractivity contribution in [2.24, 2.45) is 11.7 Å². The number of rotatable bonds is 7. The van der Waals surface area contributed by atoms with Gasteiger partial charge in [-0.2, -0.15) is 4.98 Å². The Morgan fingerprint density at radius 3 is 2.64 bits per heavy atom. The highest BCUT2D eigenvalue weighted by Gasteiger charge is 2.29. The van der Waals surface area contributed by atoms with Gasteiger partial charge in [0.25, 0.3) is 0 Å². The molecule has 1 atom stereocenters. The molecule has 1 aliphatic carbocycles. The molecule has 11 heteroatoms. The van der Waals surface area contributed by atoms with Gasteiger partial charge in [0, 0.05) is 24.1 Å². The minimum absolute atomic E-state index is 0.0540. The monoisotopic (exact) mass is 477 g/mol. The molecular formula is C22H26ClF2N7O. The van der Waals surface area contributed by atoms with E-state index in [4.69, 9.17) is 17.3 Å². The smallest absolute Gasteiger partial charge is 0.224 e. The van der Waals surface area contributed by atoms with Crippen molar-refractivity contribution in [1.82, 2.24) is 19.5 Å². The maximum absolute atomic E-state index is 14.5. The second-order valence-electron chi connectivity index (χ2n) is 8.44. The van der Waals surface area contributed by atoms with Crippen LogP contribution in [0.5, 0.6) is 0 Å². The zero-order chi connectivity index (χ0) is 23.7. The van der Waals surface area contributed by atoms with Crippen molar-refractivity contribution in [1.29, 1.82) is 0 Å². The van der Waals surface area contributed by atoms with Crippen molar-refractivity contribution in [3.8, 4) is 0 Å². The van der Waals surface area contributed by atoms with Gasteiger partial charge in [0.15, 0.2) is 11.5 Å². The number of nitrogens with one attached hydrogen (secondary N) is 2. The number of hydrogen-bond donors (Lipinski definition) is 3. The van der Waals surface area contributed by atoms with Crippen LogP contribution >= 0.6 is 11.6 Å². The number of fused-ring (bicyclic) bond motifs is 1. The second-order valence-corrected chi connectivity index (χ2v) is 8.85. The van der Waals surface area contributed by atoms with E-state index in [9.17, 15) is 13.6 Å². The van der Waals surface area contributed by atoms with Gasteiger partial charge in [-0.1, -0.05) is 18.5 Å². The summed E-state index contributed by atoms with van der Waals surface area (Å²) < 4.78 is 29.9. The first-order valence-electron chi connectivity index (χ1n) is 11.0. The Balaban J connectivity index is 1.77. The minimum Gasteiger partial charge on any atom is -0.369 e. The number of halogens is 3. The van der Waals surface area contributed by atoms with Crippen molar-refractivity contribution in [3.05, 3.63) is 35.0 Å². The molecular weight excluding hydrogens is 452 g/mol. The molecule has 4 rings (SSSR count). The largest absolute Gasteiger partial charge is 0.369 e. The number of carbonyl (C=O) groups is 1. The van der Waals surface area contributed by atoms with Crippen LogP contribution in [-0.2, 0) is 4.79 Å². The Bertz CT molecular complexity index is 1150. The average molecular weight is 478 g/mol. The molecule has 0 radical (unpaired) electrons. The first kappa shape index (κ1) is 23.2. The summed E-state index contributed by atoms with van der Waals surface area (Å²) in [5.41, 5.74) is 6.50. The van der Waals surface area contributed by atoms with Crippen molar-refractivity contribution < 1.29 is 13.6 Å². The lowest BCUT2D eigenvalue weighted by atomic mass is 9.85. The van der Waals surface area contributed by atoms with Crippen molar-refractivity contribution in [2.75, 3.05) is 10.6 Å². The Morgan fingerprint density at radius 1 is 1.27 bits per heavy atom. The summed E-state index contributed by atoms with van der Waals surface area (Å²) in [4.78, 5) is 25.2. The Kier molecular flexibility index (Phi) is 6.64. The molecule has 2 aromatic heterocycles.